The molecule has 1 aromatic carbocycles. The largest absolute Gasteiger partial charge is 0.354 e. The standard InChI is InChI=1S/C12H11ClN4/c13-9-4-2-1-3-8(9)10-7-11(14)17-6-5-15-12(17)16-10/h1-4,7,14H,5-6H2,(H,15,16). The summed E-state index contributed by atoms with van der Waals surface area (Å²) < 4.78 is 1.85. The summed E-state index contributed by atoms with van der Waals surface area (Å²) >= 11 is 6.13. The molecule has 0 atom stereocenters. The lowest BCUT2D eigenvalue weighted by Gasteiger charge is -2.07. The Morgan fingerprint density at radius 3 is 3.00 bits per heavy atom. The Kier molecular flexibility index (Phi) is 2.37. The first-order valence-electron chi connectivity index (χ1n) is 5.41. The fraction of sp³-hybridized carbons (Fsp3) is 0.167. The van der Waals surface area contributed by atoms with Gasteiger partial charge in [-0.2, -0.15) is 0 Å². The molecule has 0 radical (unpaired) electrons. The minimum atomic E-state index is 0.454. The number of hydrogen-bond acceptors (Lipinski definition) is 3. The zero-order valence-electron chi connectivity index (χ0n) is 9.07. The fourth-order valence-corrected chi connectivity index (χ4v) is 2.21. The Bertz CT molecular complexity index is 633. The third-order valence-electron chi connectivity index (χ3n) is 2.81. The van der Waals surface area contributed by atoms with E-state index in [0.29, 0.717) is 10.5 Å². The van der Waals surface area contributed by atoms with Crippen LogP contribution in [-0.2, 0) is 6.54 Å². The van der Waals surface area contributed by atoms with Crippen molar-refractivity contribution < 1.29 is 0 Å². The van der Waals surface area contributed by atoms with E-state index in [9.17, 15) is 0 Å². The lowest BCUT2D eigenvalue weighted by atomic mass is 10.1. The maximum atomic E-state index is 7.95. The van der Waals surface area contributed by atoms with Crippen LogP contribution in [0.3, 0.4) is 0 Å². The van der Waals surface area contributed by atoms with Gasteiger partial charge in [-0.05, 0) is 6.07 Å². The second-order valence-corrected chi connectivity index (χ2v) is 4.32. The Labute approximate surface area is 103 Å². The van der Waals surface area contributed by atoms with Gasteiger partial charge in [0.15, 0.2) is 0 Å². The number of fused-ring (bicyclic) bond motifs is 1. The lowest BCUT2D eigenvalue weighted by Crippen LogP contribution is -2.18. The minimum Gasteiger partial charge on any atom is -0.354 e. The number of nitrogens with zero attached hydrogens (tertiary/aromatic N) is 2. The van der Waals surface area contributed by atoms with Gasteiger partial charge in [0.1, 0.15) is 5.49 Å². The topological polar surface area (TPSA) is 53.7 Å². The van der Waals surface area contributed by atoms with Gasteiger partial charge in [-0.1, -0.05) is 29.8 Å². The summed E-state index contributed by atoms with van der Waals surface area (Å²) in [5, 5.41) is 11.8. The van der Waals surface area contributed by atoms with Gasteiger partial charge in [0.25, 0.3) is 0 Å². The number of halogens is 1. The molecule has 0 saturated heterocycles. The molecule has 1 aliphatic heterocycles. The molecule has 17 heavy (non-hydrogen) atoms. The second kappa shape index (κ2) is 3.89. The van der Waals surface area contributed by atoms with E-state index in [0.717, 1.165) is 30.3 Å². The highest BCUT2D eigenvalue weighted by Gasteiger charge is 2.13. The molecule has 1 aromatic heterocycles. The molecule has 2 aromatic rings. The van der Waals surface area contributed by atoms with Crippen LogP contribution in [0.25, 0.3) is 11.3 Å². The Hall–Kier alpha value is -1.81. The Morgan fingerprint density at radius 1 is 1.35 bits per heavy atom. The van der Waals surface area contributed by atoms with Crippen LogP contribution < -0.4 is 10.8 Å². The van der Waals surface area contributed by atoms with Crippen molar-refractivity contribution in [3.8, 4) is 11.3 Å². The van der Waals surface area contributed by atoms with Crippen molar-refractivity contribution in [1.29, 1.82) is 5.41 Å². The van der Waals surface area contributed by atoms with Crippen molar-refractivity contribution in [2.75, 3.05) is 11.9 Å². The Morgan fingerprint density at radius 2 is 2.18 bits per heavy atom. The monoisotopic (exact) mass is 246 g/mol. The lowest BCUT2D eigenvalue weighted by molar-refractivity contribution is 0.735. The highest BCUT2D eigenvalue weighted by Crippen LogP contribution is 2.26. The van der Waals surface area contributed by atoms with Crippen molar-refractivity contribution in [2.24, 2.45) is 0 Å². The van der Waals surface area contributed by atoms with E-state index in [-0.39, 0.29) is 0 Å². The van der Waals surface area contributed by atoms with Gasteiger partial charge in [0, 0.05) is 29.7 Å². The van der Waals surface area contributed by atoms with E-state index in [1.54, 1.807) is 6.07 Å². The van der Waals surface area contributed by atoms with Crippen LogP contribution >= 0.6 is 11.6 Å². The average Bonchev–Trinajstić information content (AvgIpc) is 2.78. The molecule has 5 heteroatoms. The molecule has 2 heterocycles. The maximum absolute atomic E-state index is 7.95. The molecule has 0 unspecified atom stereocenters. The molecule has 4 nitrogen and oxygen atoms in total. The third kappa shape index (κ3) is 1.70. The first-order valence-corrected chi connectivity index (χ1v) is 5.79. The predicted molar refractivity (Wildman–Crippen MR) is 67.0 cm³/mol. The van der Waals surface area contributed by atoms with Gasteiger partial charge in [-0.15, -0.1) is 0 Å². The van der Waals surface area contributed by atoms with Gasteiger partial charge in [-0.3, -0.25) is 9.98 Å². The highest BCUT2D eigenvalue weighted by molar-refractivity contribution is 6.33. The fourth-order valence-electron chi connectivity index (χ4n) is 1.98. The van der Waals surface area contributed by atoms with E-state index >= 15 is 0 Å². The summed E-state index contributed by atoms with van der Waals surface area (Å²) in [6.45, 7) is 1.62. The predicted octanol–water partition coefficient (Wildman–Crippen LogP) is 2.11. The molecule has 0 spiro atoms. The summed E-state index contributed by atoms with van der Waals surface area (Å²) in [6.07, 6.45) is 0. The first-order chi connectivity index (χ1) is 8.25. The molecule has 2 N–H and O–H groups in total. The normalized spacial score (nSPS) is 13.2. The van der Waals surface area contributed by atoms with Crippen LogP contribution in [0, 0.1) is 5.41 Å². The molecule has 86 valence electrons. The molecule has 0 saturated carbocycles. The van der Waals surface area contributed by atoms with Gasteiger partial charge in [0.05, 0.1) is 5.69 Å². The molecule has 1 aliphatic rings. The smallest absolute Gasteiger partial charge is 0.205 e. The van der Waals surface area contributed by atoms with Gasteiger partial charge < -0.3 is 5.32 Å². The zero-order chi connectivity index (χ0) is 11.8. The van der Waals surface area contributed by atoms with Crippen molar-refractivity contribution in [2.45, 2.75) is 6.54 Å². The van der Waals surface area contributed by atoms with Crippen molar-refractivity contribution in [3.63, 3.8) is 0 Å². The zero-order valence-corrected chi connectivity index (χ0v) is 9.83. The number of aromatic nitrogens is 2. The van der Waals surface area contributed by atoms with Gasteiger partial charge in [0.2, 0.25) is 5.95 Å². The molecular weight excluding hydrogens is 236 g/mol. The van der Waals surface area contributed by atoms with Crippen LogP contribution in [-0.4, -0.2) is 16.1 Å². The van der Waals surface area contributed by atoms with E-state index in [1.807, 2.05) is 28.8 Å². The van der Waals surface area contributed by atoms with E-state index in [1.165, 1.54) is 0 Å². The molecular formula is C12H11ClN4. The molecule has 0 bridgehead atoms. The van der Waals surface area contributed by atoms with Crippen LogP contribution in [0.5, 0.6) is 0 Å². The number of rotatable bonds is 1. The van der Waals surface area contributed by atoms with Gasteiger partial charge in [-0.25, -0.2) is 4.98 Å². The summed E-state index contributed by atoms with van der Waals surface area (Å²) in [5.74, 6) is 0.743. The van der Waals surface area contributed by atoms with E-state index in [4.69, 9.17) is 17.0 Å². The second-order valence-electron chi connectivity index (χ2n) is 3.91. The van der Waals surface area contributed by atoms with Crippen LogP contribution in [0.1, 0.15) is 0 Å². The number of nitrogens with one attached hydrogen (secondary N) is 2. The molecule has 0 aliphatic carbocycles. The SMILES string of the molecule is N=c1cc(-c2ccccc2Cl)nc2n1CCN2. The summed E-state index contributed by atoms with van der Waals surface area (Å²) in [7, 11) is 0. The summed E-state index contributed by atoms with van der Waals surface area (Å²) in [6, 6.07) is 9.29. The van der Waals surface area contributed by atoms with Gasteiger partial charge >= 0.3 is 0 Å². The maximum Gasteiger partial charge on any atom is 0.205 e. The first kappa shape index (κ1) is 10.4. The number of anilines is 1. The summed E-state index contributed by atoms with van der Waals surface area (Å²) in [4.78, 5) is 4.49. The molecule has 0 fully saturated rings. The van der Waals surface area contributed by atoms with Crippen molar-refractivity contribution >= 4 is 17.5 Å². The molecule has 0 amide bonds. The van der Waals surface area contributed by atoms with Crippen molar-refractivity contribution in [1.82, 2.24) is 9.55 Å². The van der Waals surface area contributed by atoms with Crippen LogP contribution in [0.2, 0.25) is 5.02 Å². The van der Waals surface area contributed by atoms with Crippen LogP contribution in [0.4, 0.5) is 5.95 Å². The quantitative estimate of drug-likeness (QED) is 0.810. The minimum absolute atomic E-state index is 0.454. The average molecular weight is 247 g/mol. The number of benzene rings is 1. The van der Waals surface area contributed by atoms with Crippen molar-refractivity contribution in [3.05, 3.63) is 40.8 Å². The van der Waals surface area contributed by atoms with E-state index < -0.39 is 0 Å². The Balaban J connectivity index is 2.20. The number of hydrogen-bond donors (Lipinski definition) is 2. The highest BCUT2D eigenvalue weighted by atomic mass is 35.5. The van der Waals surface area contributed by atoms with E-state index in [2.05, 4.69) is 10.3 Å². The summed E-state index contributed by atoms with van der Waals surface area (Å²) in [5.41, 5.74) is 2.05. The molecule has 3 rings (SSSR count). The third-order valence-corrected chi connectivity index (χ3v) is 3.14. The van der Waals surface area contributed by atoms with Crippen LogP contribution in [0.15, 0.2) is 30.3 Å².